The average molecular weight is 356 g/mol. The molecule has 2 atom stereocenters. The Bertz CT molecular complexity index is 734. The van der Waals surface area contributed by atoms with E-state index in [0.717, 1.165) is 5.56 Å². The number of thiophene rings is 1. The van der Waals surface area contributed by atoms with Crippen molar-refractivity contribution >= 4 is 51.1 Å². The molecule has 8 heteroatoms. The van der Waals surface area contributed by atoms with E-state index in [1.54, 1.807) is 18.2 Å². The molecule has 0 fully saturated rings. The van der Waals surface area contributed by atoms with E-state index < -0.39 is 16.8 Å². The van der Waals surface area contributed by atoms with Crippen LogP contribution in [0.2, 0.25) is 0 Å². The lowest BCUT2D eigenvalue weighted by Crippen LogP contribution is -2.16. The lowest BCUT2D eigenvalue weighted by atomic mass is 10.1. The smallest absolute Gasteiger partial charge is 0.261 e. The predicted octanol–water partition coefficient (Wildman–Crippen LogP) is 3.68. The molecule has 0 saturated heterocycles. The summed E-state index contributed by atoms with van der Waals surface area (Å²) in [4.78, 5) is 0. The van der Waals surface area contributed by atoms with Gasteiger partial charge in [-0.15, -0.1) is 11.3 Å². The normalized spacial score (nSPS) is 18.6. The van der Waals surface area contributed by atoms with Crippen molar-refractivity contribution in [1.29, 1.82) is 0 Å². The molecule has 1 aromatic heterocycles. The maximum Gasteiger partial charge on any atom is 0.261 e. The van der Waals surface area contributed by atoms with Crippen molar-refractivity contribution in [3.8, 4) is 0 Å². The lowest BCUT2D eigenvalue weighted by molar-refractivity contribution is 0.217. The summed E-state index contributed by atoms with van der Waals surface area (Å²) in [6, 6.07) is 6.54. The van der Waals surface area contributed by atoms with Crippen LogP contribution in [0, 0.1) is 5.82 Å². The third-order valence-corrected chi connectivity index (χ3v) is 5.64. The summed E-state index contributed by atoms with van der Waals surface area (Å²) in [6.07, 6.45) is 0.477. The zero-order chi connectivity index (χ0) is 15.7. The first kappa shape index (κ1) is 15.4. The van der Waals surface area contributed by atoms with E-state index in [9.17, 15) is 8.60 Å². The van der Waals surface area contributed by atoms with E-state index in [0.29, 0.717) is 16.3 Å². The molecule has 4 nitrogen and oxygen atoms in total. The molecule has 116 valence electrons. The summed E-state index contributed by atoms with van der Waals surface area (Å²) >= 11 is 6.38. The van der Waals surface area contributed by atoms with Crippen LogP contribution in [0.5, 0.6) is 0 Å². The number of halogens is 1. The third kappa shape index (κ3) is 3.29. The molecular weight excluding hydrogens is 343 g/mol. The highest BCUT2D eigenvalue weighted by Crippen LogP contribution is 2.29. The van der Waals surface area contributed by atoms with Gasteiger partial charge < -0.3 is 10.1 Å². The maximum atomic E-state index is 14.2. The van der Waals surface area contributed by atoms with Crippen molar-refractivity contribution in [3.63, 3.8) is 0 Å². The van der Waals surface area contributed by atoms with Gasteiger partial charge in [-0.2, -0.15) is 0 Å². The van der Waals surface area contributed by atoms with Crippen molar-refractivity contribution < 1.29 is 13.3 Å². The van der Waals surface area contributed by atoms with Crippen LogP contribution in [-0.4, -0.2) is 15.5 Å². The van der Waals surface area contributed by atoms with Gasteiger partial charge in [0.2, 0.25) is 0 Å². The number of fused-ring (bicyclic) bond motifs is 1. The van der Waals surface area contributed by atoms with Gasteiger partial charge in [-0.05, 0) is 48.3 Å². The van der Waals surface area contributed by atoms with E-state index in [-0.39, 0.29) is 17.0 Å². The highest BCUT2D eigenvalue weighted by Gasteiger charge is 2.20. The second-order valence-corrected chi connectivity index (χ2v) is 7.60. The summed E-state index contributed by atoms with van der Waals surface area (Å²) in [5.74, 6) is -0.492. The molecule has 0 amide bonds. The number of rotatable bonds is 3. The van der Waals surface area contributed by atoms with Crippen LogP contribution in [0.3, 0.4) is 0 Å². The molecule has 1 aromatic carbocycles. The fourth-order valence-electron chi connectivity index (χ4n) is 2.17. The molecule has 2 heterocycles. The van der Waals surface area contributed by atoms with E-state index in [1.165, 1.54) is 17.4 Å². The van der Waals surface area contributed by atoms with Gasteiger partial charge in [0.15, 0.2) is 11.0 Å². The topological polar surface area (TPSA) is 50.4 Å². The molecule has 2 N–H and O–H groups in total. The molecule has 0 aliphatic carbocycles. The number of thiocarbonyl (C=S) groups is 1. The highest BCUT2D eigenvalue weighted by atomic mass is 32.2. The Balaban J connectivity index is 1.90. The molecule has 3 rings (SSSR count). The summed E-state index contributed by atoms with van der Waals surface area (Å²) < 4.78 is 35.2. The monoisotopic (exact) mass is 356 g/mol. The fraction of sp³-hybridized carbons (Fsp3) is 0.214. The lowest BCUT2D eigenvalue weighted by Gasteiger charge is -2.11. The Morgan fingerprint density at radius 3 is 3.09 bits per heavy atom. The first-order valence-corrected chi connectivity index (χ1v) is 8.98. The number of anilines is 2. The van der Waals surface area contributed by atoms with E-state index >= 15 is 0 Å². The Kier molecular flexibility index (Phi) is 4.42. The summed E-state index contributed by atoms with van der Waals surface area (Å²) in [5.41, 5.74) is 1.64. The first-order chi connectivity index (χ1) is 10.5. The molecule has 2 unspecified atom stereocenters. The van der Waals surface area contributed by atoms with Gasteiger partial charge in [-0.1, -0.05) is 6.07 Å². The minimum atomic E-state index is -1.48. The second kappa shape index (κ2) is 6.31. The average Bonchev–Trinajstić information content (AvgIpc) is 2.93. The Morgan fingerprint density at radius 1 is 1.55 bits per heavy atom. The van der Waals surface area contributed by atoms with E-state index in [1.807, 2.05) is 12.3 Å². The molecule has 0 bridgehead atoms. The van der Waals surface area contributed by atoms with Crippen LogP contribution in [0.25, 0.3) is 0 Å². The van der Waals surface area contributed by atoms with Crippen molar-refractivity contribution in [2.75, 3.05) is 10.0 Å². The van der Waals surface area contributed by atoms with Crippen molar-refractivity contribution in [1.82, 2.24) is 0 Å². The minimum absolute atomic E-state index is 0.109. The largest absolute Gasteiger partial charge is 0.467 e. The number of nitrogens with one attached hydrogen (secondary N) is 2. The molecule has 1 aliphatic heterocycles. The minimum Gasteiger partial charge on any atom is -0.467 e. The zero-order valence-electron chi connectivity index (χ0n) is 11.6. The molecule has 0 saturated carbocycles. The van der Waals surface area contributed by atoms with Crippen LogP contribution < -0.4 is 10.0 Å². The van der Waals surface area contributed by atoms with Crippen LogP contribution in [0.1, 0.15) is 12.5 Å². The van der Waals surface area contributed by atoms with Crippen molar-refractivity contribution in [2.24, 2.45) is 0 Å². The van der Waals surface area contributed by atoms with E-state index in [4.69, 9.17) is 17.0 Å². The molecule has 2 aromatic rings. The van der Waals surface area contributed by atoms with Crippen LogP contribution in [0.15, 0.2) is 33.9 Å². The standard InChI is InChI=1S/C14H13FN2O2S3/c1-8-5-9-6-12(17-22(18)13-3-2-4-21-13)10(15)7-11(9)16-14(20)19-8/h2-4,6-8,17H,5H2,1H3,(H,16,20). The summed E-state index contributed by atoms with van der Waals surface area (Å²) in [6.45, 7) is 1.89. The first-order valence-electron chi connectivity index (χ1n) is 6.55. The summed E-state index contributed by atoms with van der Waals surface area (Å²) in [7, 11) is -1.48. The summed E-state index contributed by atoms with van der Waals surface area (Å²) in [5, 5.41) is 4.93. The number of ether oxygens (including phenoxy) is 1. The third-order valence-electron chi connectivity index (χ3n) is 3.13. The number of hydrogen-bond acceptors (Lipinski definition) is 4. The van der Waals surface area contributed by atoms with Gasteiger partial charge in [-0.3, -0.25) is 4.72 Å². The van der Waals surface area contributed by atoms with E-state index in [2.05, 4.69) is 10.0 Å². The quantitative estimate of drug-likeness (QED) is 0.824. The van der Waals surface area contributed by atoms with Crippen molar-refractivity contribution in [3.05, 3.63) is 41.0 Å². The van der Waals surface area contributed by atoms with Crippen LogP contribution in [-0.2, 0) is 22.1 Å². The molecule has 0 radical (unpaired) electrons. The SMILES string of the molecule is CC1Cc2cc(NS(=O)c3cccs3)c(F)cc2NC(=S)O1. The van der Waals surface area contributed by atoms with Gasteiger partial charge >= 0.3 is 0 Å². The molecule has 22 heavy (non-hydrogen) atoms. The highest BCUT2D eigenvalue weighted by molar-refractivity contribution is 7.88. The number of hydrogen-bond donors (Lipinski definition) is 2. The Hall–Kier alpha value is -1.51. The van der Waals surface area contributed by atoms with Crippen LogP contribution >= 0.6 is 23.6 Å². The number of benzene rings is 1. The van der Waals surface area contributed by atoms with Gasteiger partial charge in [0.25, 0.3) is 5.17 Å². The van der Waals surface area contributed by atoms with Gasteiger partial charge in [0, 0.05) is 12.1 Å². The van der Waals surface area contributed by atoms with Crippen LogP contribution in [0.4, 0.5) is 15.8 Å². The molecule has 0 spiro atoms. The Labute approximate surface area is 139 Å². The maximum absolute atomic E-state index is 14.2. The zero-order valence-corrected chi connectivity index (χ0v) is 14.0. The van der Waals surface area contributed by atoms with Gasteiger partial charge in [-0.25, -0.2) is 8.60 Å². The predicted molar refractivity (Wildman–Crippen MR) is 91.2 cm³/mol. The van der Waals surface area contributed by atoms with Gasteiger partial charge in [0.05, 0.1) is 5.69 Å². The Morgan fingerprint density at radius 2 is 2.36 bits per heavy atom. The molecule has 1 aliphatic rings. The van der Waals surface area contributed by atoms with Gasteiger partial charge in [0.1, 0.15) is 16.1 Å². The molecular formula is C14H13FN2O2S3. The van der Waals surface area contributed by atoms with Crippen molar-refractivity contribution in [2.45, 2.75) is 23.7 Å². The fourth-order valence-corrected chi connectivity index (χ4v) is 4.20. The second-order valence-electron chi connectivity index (χ2n) is 4.84.